The van der Waals surface area contributed by atoms with Crippen LogP contribution in [0.25, 0.3) is 6.08 Å². The third-order valence-electron chi connectivity index (χ3n) is 4.02. The molecule has 0 bridgehead atoms. The Bertz CT molecular complexity index is 898. The molecule has 0 saturated heterocycles. The summed E-state index contributed by atoms with van der Waals surface area (Å²) in [6.07, 6.45) is 0.00513. The minimum absolute atomic E-state index is 0.0400. The van der Waals surface area contributed by atoms with Crippen LogP contribution >= 0.6 is 0 Å². The quantitative estimate of drug-likeness (QED) is 0.344. The first-order valence-electron chi connectivity index (χ1n) is 9.16. The summed E-state index contributed by atoms with van der Waals surface area (Å²) in [5.41, 5.74) is -0.546. The third kappa shape index (κ3) is 7.00. The van der Waals surface area contributed by atoms with E-state index in [1.165, 1.54) is 18.2 Å². The minimum Gasteiger partial charge on any atom is -0.494 e. The number of hydrogen-bond donors (Lipinski definition) is 1. The van der Waals surface area contributed by atoms with Gasteiger partial charge in [0.25, 0.3) is 5.91 Å². The maximum atomic E-state index is 12.8. The van der Waals surface area contributed by atoms with Gasteiger partial charge in [0, 0.05) is 5.69 Å². The van der Waals surface area contributed by atoms with Crippen LogP contribution in [0, 0.1) is 11.3 Å². The summed E-state index contributed by atoms with van der Waals surface area (Å²) < 4.78 is 43.9. The molecule has 2 aromatic rings. The van der Waals surface area contributed by atoms with Crippen LogP contribution in [0.5, 0.6) is 5.75 Å². The molecule has 0 aliphatic heterocycles. The second-order valence-electron chi connectivity index (χ2n) is 6.33. The zero-order valence-corrected chi connectivity index (χ0v) is 15.9. The molecule has 0 aliphatic carbocycles. The number of anilines is 1. The lowest BCUT2D eigenvalue weighted by molar-refractivity contribution is -0.137. The highest BCUT2D eigenvalue weighted by Crippen LogP contribution is 2.30. The van der Waals surface area contributed by atoms with Crippen molar-refractivity contribution in [2.75, 3.05) is 11.9 Å². The Balaban J connectivity index is 2.06. The van der Waals surface area contributed by atoms with Crippen LogP contribution in [0.3, 0.4) is 0 Å². The summed E-state index contributed by atoms with van der Waals surface area (Å²) in [4.78, 5) is 12.3. The Morgan fingerprint density at radius 3 is 2.52 bits per heavy atom. The third-order valence-corrected chi connectivity index (χ3v) is 4.02. The first-order valence-corrected chi connectivity index (χ1v) is 9.16. The van der Waals surface area contributed by atoms with Gasteiger partial charge in [0.1, 0.15) is 17.4 Å². The number of hydrogen-bond acceptors (Lipinski definition) is 3. The Labute approximate surface area is 167 Å². The van der Waals surface area contributed by atoms with E-state index in [9.17, 15) is 23.2 Å². The van der Waals surface area contributed by atoms with Gasteiger partial charge in [-0.3, -0.25) is 4.79 Å². The fraction of sp³-hybridized carbons (Fsp3) is 0.273. The fourth-order valence-electron chi connectivity index (χ4n) is 2.49. The summed E-state index contributed by atoms with van der Waals surface area (Å²) in [6.45, 7) is 2.73. The van der Waals surface area contributed by atoms with E-state index in [1.807, 2.05) is 0 Å². The van der Waals surface area contributed by atoms with Crippen molar-refractivity contribution in [2.45, 2.75) is 32.4 Å². The summed E-state index contributed by atoms with van der Waals surface area (Å²) >= 11 is 0. The van der Waals surface area contributed by atoms with Crippen molar-refractivity contribution in [1.29, 1.82) is 5.26 Å². The highest BCUT2D eigenvalue weighted by Gasteiger charge is 2.30. The Hall–Kier alpha value is -3.27. The molecule has 0 radical (unpaired) electrons. The number of amides is 1. The van der Waals surface area contributed by atoms with Gasteiger partial charge in [-0.1, -0.05) is 38.0 Å². The summed E-state index contributed by atoms with van der Waals surface area (Å²) in [7, 11) is 0. The van der Waals surface area contributed by atoms with Gasteiger partial charge < -0.3 is 10.1 Å². The molecule has 1 N–H and O–H groups in total. The average Bonchev–Trinajstić information content (AvgIpc) is 2.70. The van der Waals surface area contributed by atoms with Gasteiger partial charge in [-0.2, -0.15) is 18.4 Å². The van der Waals surface area contributed by atoms with E-state index in [1.54, 1.807) is 30.3 Å². The molecule has 1 amide bonds. The maximum Gasteiger partial charge on any atom is 0.416 e. The zero-order chi connectivity index (χ0) is 21.3. The Morgan fingerprint density at radius 2 is 1.90 bits per heavy atom. The van der Waals surface area contributed by atoms with E-state index in [2.05, 4.69) is 12.2 Å². The molecule has 0 unspecified atom stereocenters. The summed E-state index contributed by atoms with van der Waals surface area (Å²) in [6, 6.07) is 12.9. The number of carbonyl (C=O) groups is 1. The van der Waals surface area contributed by atoms with Crippen molar-refractivity contribution in [3.63, 3.8) is 0 Å². The molecule has 0 heterocycles. The predicted octanol–water partition coefficient (Wildman–Crippen LogP) is 5.82. The number of halogens is 3. The predicted molar refractivity (Wildman–Crippen MR) is 105 cm³/mol. The molecule has 0 spiro atoms. The molecule has 0 aromatic heterocycles. The number of alkyl halides is 3. The maximum absolute atomic E-state index is 12.8. The molecule has 4 nitrogen and oxygen atoms in total. The van der Waals surface area contributed by atoms with Crippen molar-refractivity contribution >= 4 is 17.7 Å². The van der Waals surface area contributed by atoms with E-state index in [4.69, 9.17) is 4.74 Å². The average molecular weight is 402 g/mol. The molecule has 2 rings (SSSR count). The smallest absolute Gasteiger partial charge is 0.416 e. The Kier molecular flexibility index (Phi) is 7.84. The van der Waals surface area contributed by atoms with E-state index in [-0.39, 0.29) is 11.3 Å². The van der Waals surface area contributed by atoms with Crippen LogP contribution in [-0.2, 0) is 11.0 Å². The molecule has 0 atom stereocenters. The van der Waals surface area contributed by atoms with Gasteiger partial charge in [-0.05, 0) is 48.4 Å². The standard InChI is InChI=1S/C22H21F3N2O2/c1-2-3-4-12-29-20-10-8-16(9-11-20)13-17(15-26)21(28)27-19-7-5-6-18(14-19)22(23,24)25/h5-11,13-14H,2-4,12H2,1H3,(H,27,28)/b17-13+. The van der Waals surface area contributed by atoms with E-state index in [0.717, 1.165) is 31.4 Å². The highest BCUT2D eigenvalue weighted by molar-refractivity contribution is 6.09. The zero-order valence-electron chi connectivity index (χ0n) is 15.9. The lowest BCUT2D eigenvalue weighted by atomic mass is 10.1. The fourth-order valence-corrected chi connectivity index (χ4v) is 2.49. The molecular weight excluding hydrogens is 381 g/mol. The van der Waals surface area contributed by atoms with Crippen molar-refractivity contribution in [3.8, 4) is 11.8 Å². The van der Waals surface area contributed by atoms with Gasteiger partial charge in [0.05, 0.1) is 12.2 Å². The van der Waals surface area contributed by atoms with E-state index in [0.29, 0.717) is 17.9 Å². The number of rotatable bonds is 8. The summed E-state index contributed by atoms with van der Waals surface area (Å²) in [5, 5.41) is 11.6. The van der Waals surface area contributed by atoms with Crippen LogP contribution < -0.4 is 10.1 Å². The number of benzene rings is 2. The largest absolute Gasteiger partial charge is 0.494 e. The number of nitriles is 1. The van der Waals surface area contributed by atoms with Crippen molar-refractivity contribution in [1.82, 2.24) is 0 Å². The number of unbranched alkanes of at least 4 members (excludes halogenated alkanes) is 2. The molecule has 152 valence electrons. The second kappa shape index (κ2) is 10.3. The SMILES string of the molecule is CCCCCOc1ccc(/C=C(\C#N)C(=O)Nc2cccc(C(F)(F)F)c2)cc1. The van der Waals surface area contributed by atoms with Gasteiger partial charge in [0.15, 0.2) is 0 Å². The minimum atomic E-state index is -4.52. The van der Waals surface area contributed by atoms with E-state index < -0.39 is 17.6 Å². The summed E-state index contributed by atoms with van der Waals surface area (Å²) in [5.74, 6) is -0.100. The van der Waals surface area contributed by atoms with Crippen molar-refractivity contribution in [2.24, 2.45) is 0 Å². The number of nitrogens with zero attached hydrogens (tertiary/aromatic N) is 1. The van der Waals surface area contributed by atoms with E-state index >= 15 is 0 Å². The van der Waals surface area contributed by atoms with Gasteiger partial charge >= 0.3 is 6.18 Å². The van der Waals surface area contributed by atoms with Gasteiger partial charge in [-0.15, -0.1) is 0 Å². The topological polar surface area (TPSA) is 62.1 Å². The molecule has 29 heavy (non-hydrogen) atoms. The van der Waals surface area contributed by atoms with Gasteiger partial charge in [-0.25, -0.2) is 0 Å². The molecule has 2 aromatic carbocycles. The first-order chi connectivity index (χ1) is 13.8. The van der Waals surface area contributed by atoms with Crippen LogP contribution in [0.1, 0.15) is 37.3 Å². The normalized spacial score (nSPS) is 11.6. The molecule has 0 fully saturated rings. The van der Waals surface area contributed by atoms with Crippen LogP contribution in [-0.4, -0.2) is 12.5 Å². The molecule has 0 saturated carbocycles. The first kappa shape index (κ1) is 22.0. The number of ether oxygens (including phenoxy) is 1. The molecular formula is C22H21F3N2O2. The monoisotopic (exact) mass is 402 g/mol. The lowest BCUT2D eigenvalue weighted by Gasteiger charge is -2.09. The second-order valence-corrected chi connectivity index (χ2v) is 6.33. The molecule has 7 heteroatoms. The van der Waals surface area contributed by atoms with Gasteiger partial charge in [0.2, 0.25) is 0 Å². The lowest BCUT2D eigenvalue weighted by Crippen LogP contribution is -2.14. The van der Waals surface area contributed by atoms with Crippen molar-refractivity contribution in [3.05, 3.63) is 65.2 Å². The Morgan fingerprint density at radius 1 is 1.17 bits per heavy atom. The molecule has 0 aliphatic rings. The number of nitrogens with one attached hydrogen (secondary N) is 1. The highest BCUT2D eigenvalue weighted by atomic mass is 19.4. The van der Waals surface area contributed by atoms with Crippen LogP contribution in [0.15, 0.2) is 54.1 Å². The number of carbonyl (C=O) groups excluding carboxylic acids is 1. The van der Waals surface area contributed by atoms with Crippen molar-refractivity contribution < 1.29 is 22.7 Å². The van der Waals surface area contributed by atoms with Crippen LogP contribution in [0.2, 0.25) is 0 Å². The van der Waals surface area contributed by atoms with Crippen LogP contribution in [0.4, 0.5) is 18.9 Å².